The minimum Gasteiger partial charge on any atom is -0.368 e. The van der Waals surface area contributed by atoms with Crippen LogP contribution in [-0.4, -0.2) is 30.9 Å². The summed E-state index contributed by atoms with van der Waals surface area (Å²) in [7, 11) is 0. The van der Waals surface area contributed by atoms with Gasteiger partial charge in [-0.1, -0.05) is 5.16 Å². The summed E-state index contributed by atoms with van der Waals surface area (Å²) in [5.41, 5.74) is 0.374. The molecule has 0 radical (unpaired) electrons. The van der Waals surface area contributed by atoms with Crippen molar-refractivity contribution in [3.05, 3.63) is 46.7 Å². The van der Waals surface area contributed by atoms with Gasteiger partial charge in [0.25, 0.3) is 11.4 Å². The molecule has 21 heavy (non-hydrogen) atoms. The summed E-state index contributed by atoms with van der Waals surface area (Å²) >= 11 is 0. The monoisotopic (exact) mass is 287 g/mol. The Hall–Kier alpha value is -2.48. The van der Waals surface area contributed by atoms with Gasteiger partial charge in [0.15, 0.2) is 5.82 Å². The van der Waals surface area contributed by atoms with E-state index in [1.807, 2.05) is 0 Å². The van der Waals surface area contributed by atoms with Crippen molar-refractivity contribution in [1.82, 2.24) is 24.3 Å². The van der Waals surface area contributed by atoms with Crippen LogP contribution in [0.3, 0.4) is 0 Å². The van der Waals surface area contributed by atoms with Crippen molar-refractivity contribution in [3.63, 3.8) is 0 Å². The SMILES string of the molecule is O=c1c2cccn2cnn1Cc1noc([C@@H]2CCCO2)n1. The van der Waals surface area contributed by atoms with Gasteiger partial charge in [-0.05, 0) is 25.0 Å². The number of hydrogen-bond donors (Lipinski definition) is 0. The van der Waals surface area contributed by atoms with E-state index in [9.17, 15) is 4.79 Å². The Balaban J connectivity index is 1.62. The van der Waals surface area contributed by atoms with E-state index >= 15 is 0 Å². The van der Waals surface area contributed by atoms with Crippen LogP contribution in [0.15, 0.2) is 34.0 Å². The van der Waals surface area contributed by atoms with Crippen LogP contribution in [0.4, 0.5) is 0 Å². The van der Waals surface area contributed by atoms with Gasteiger partial charge in [0, 0.05) is 12.8 Å². The molecular formula is C13H13N5O3. The summed E-state index contributed by atoms with van der Waals surface area (Å²) in [6.45, 7) is 0.894. The first kappa shape index (κ1) is 12.3. The van der Waals surface area contributed by atoms with Crippen LogP contribution in [0.2, 0.25) is 0 Å². The first-order chi connectivity index (χ1) is 10.3. The molecule has 1 aliphatic heterocycles. The van der Waals surface area contributed by atoms with E-state index in [-0.39, 0.29) is 18.2 Å². The molecule has 0 amide bonds. The molecule has 1 saturated heterocycles. The molecule has 4 heterocycles. The Bertz CT molecular complexity index is 828. The lowest BCUT2D eigenvalue weighted by Crippen LogP contribution is -2.25. The van der Waals surface area contributed by atoms with Crippen molar-refractivity contribution < 1.29 is 9.26 Å². The number of fused-ring (bicyclic) bond motifs is 1. The molecule has 8 nitrogen and oxygen atoms in total. The fourth-order valence-electron chi connectivity index (χ4n) is 2.46. The smallest absolute Gasteiger partial charge is 0.291 e. The highest BCUT2D eigenvalue weighted by Crippen LogP contribution is 2.26. The average Bonchev–Trinajstić information content (AvgIpc) is 3.21. The van der Waals surface area contributed by atoms with Crippen molar-refractivity contribution in [2.24, 2.45) is 0 Å². The molecule has 0 aromatic carbocycles. The third-order valence-electron chi connectivity index (χ3n) is 3.53. The van der Waals surface area contributed by atoms with Crippen molar-refractivity contribution in [2.75, 3.05) is 6.61 Å². The predicted molar refractivity (Wildman–Crippen MR) is 70.8 cm³/mol. The maximum Gasteiger partial charge on any atom is 0.291 e. The quantitative estimate of drug-likeness (QED) is 0.707. The molecule has 0 N–H and O–H groups in total. The lowest BCUT2D eigenvalue weighted by atomic mass is 10.2. The third kappa shape index (κ3) is 2.13. The summed E-state index contributed by atoms with van der Waals surface area (Å²) in [5.74, 6) is 0.894. The van der Waals surface area contributed by atoms with Gasteiger partial charge in [-0.15, -0.1) is 0 Å². The molecule has 4 rings (SSSR count). The van der Waals surface area contributed by atoms with Crippen LogP contribution in [0, 0.1) is 0 Å². The maximum atomic E-state index is 12.2. The molecule has 0 aliphatic carbocycles. The van der Waals surface area contributed by atoms with Crippen molar-refractivity contribution in [3.8, 4) is 0 Å². The molecule has 0 bridgehead atoms. The molecule has 3 aromatic rings. The minimum absolute atomic E-state index is 0.121. The largest absolute Gasteiger partial charge is 0.368 e. The highest BCUT2D eigenvalue weighted by atomic mass is 16.5. The second-order valence-electron chi connectivity index (χ2n) is 4.94. The predicted octanol–water partition coefficient (Wildman–Crippen LogP) is 0.779. The number of rotatable bonds is 3. The van der Waals surface area contributed by atoms with Crippen LogP contribution in [-0.2, 0) is 11.3 Å². The van der Waals surface area contributed by atoms with Gasteiger partial charge in [-0.3, -0.25) is 4.79 Å². The van der Waals surface area contributed by atoms with E-state index in [0.29, 0.717) is 23.8 Å². The number of nitrogens with zero attached hydrogens (tertiary/aromatic N) is 5. The fraction of sp³-hybridized carbons (Fsp3) is 0.385. The molecule has 1 aliphatic rings. The molecule has 3 aromatic heterocycles. The van der Waals surface area contributed by atoms with E-state index in [1.54, 1.807) is 29.1 Å². The standard InChI is InChI=1S/C13H13N5O3/c19-13-9-3-1-5-17(9)8-14-18(13)7-11-15-12(21-16-11)10-4-2-6-20-10/h1,3,5,8,10H,2,4,6-7H2/t10-/m0/s1. The van der Waals surface area contributed by atoms with Crippen LogP contribution in [0.5, 0.6) is 0 Å². The van der Waals surface area contributed by atoms with E-state index in [0.717, 1.165) is 12.8 Å². The summed E-state index contributed by atoms with van der Waals surface area (Å²) in [5, 5.41) is 7.99. The molecule has 0 saturated carbocycles. The Kier molecular flexibility index (Phi) is 2.81. The minimum atomic E-state index is -0.189. The second kappa shape index (κ2) is 4.81. The molecule has 1 fully saturated rings. The normalized spacial score (nSPS) is 18.6. The van der Waals surface area contributed by atoms with Crippen LogP contribution in [0.1, 0.15) is 30.7 Å². The molecule has 8 heteroatoms. The van der Waals surface area contributed by atoms with Gasteiger partial charge in [0.05, 0.1) is 0 Å². The molecular weight excluding hydrogens is 274 g/mol. The van der Waals surface area contributed by atoms with Crippen molar-refractivity contribution in [1.29, 1.82) is 0 Å². The number of hydrogen-bond acceptors (Lipinski definition) is 6. The Labute approximate surface area is 119 Å². The lowest BCUT2D eigenvalue weighted by molar-refractivity contribution is 0.0835. The van der Waals surface area contributed by atoms with Gasteiger partial charge < -0.3 is 13.7 Å². The summed E-state index contributed by atoms with van der Waals surface area (Å²) in [4.78, 5) is 16.5. The number of ether oxygens (including phenoxy) is 1. The number of aromatic nitrogens is 5. The summed E-state index contributed by atoms with van der Waals surface area (Å²) < 4.78 is 13.7. The molecule has 0 unspecified atom stereocenters. The zero-order valence-electron chi connectivity index (χ0n) is 11.2. The van der Waals surface area contributed by atoms with Crippen LogP contribution < -0.4 is 5.56 Å². The Morgan fingerprint density at radius 1 is 1.43 bits per heavy atom. The Morgan fingerprint density at radius 3 is 3.24 bits per heavy atom. The third-order valence-corrected chi connectivity index (χ3v) is 3.53. The van der Waals surface area contributed by atoms with Gasteiger partial charge >= 0.3 is 0 Å². The van der Waals surface area contributed by atoms with Gasteiger partial charge in [-0.25, -0.2) is 4.68 Å². The van der Waals surface area contributed by atoms with E-state index in [2.05, 4.69) is 15.2 Å². The zero-order chi connectivity index (χ0) is 14.2. The van der Waals surface area contributed by atoms with E-state index < -0.39 is 0 Å². The van der Waals surface area contributed by atoms with Gasteiger partial charge in [0.1, 0.15) is 24.5 Å². The highest BCUT2D eigenvalue weighted by Gasteiger charge is 2.24. The topological polar surface area (TPSA) is 87.5 Å². The lowest BCUT2D eigenvalue weighted by Gasteiger charge is -2.02. The molecule has 1 atom stereocenters. The van der Waals surface area contributed by atoms with Crippen LogP contribution in [0.25, 0.3) is 5.52 Å². The molecule has 0 spiro atoms. The Morgan fingerprint density at radius 2 is 2.38 bits per heavy atom. The van der Waals surface area contributed by atoms with Gasteiger partial charge in [0.2, 0.25) is 0 Å². The first-order valence-corrected chi connectivity index (χ1v) is 6.78. The zero-order valence-corrected chi connectivity index (χ0v) is 11.2. The van der Waals surface area contributed by atoms with E-state index in [4.69, 9.17) is 9.26 Å². The fourth-order valence-corrected chi connectivity index (χ4v) is 2.46. The second-order valence-corrected chi connectivity index (χ2v) is 4.94. The first-order valence-electron chi connectivity index (χ1n) is 6.78. The van der Waals surface area contributed by atoms with Gasteiger partial charge in [-0.2, -0.15) is 10.1 Å². The average molecular weight is 287 g/mol. The van der Waals surface area contributed by atoms with E-state index in [1.165, 1.54) is 4.68 Å². The maximum absolute atomic E-state index is 12.2. The van der Waals surface area contributed by atoms with Crippen LogP contribution >= 0.6 is 0 Å². The summed E-state index contributed by atoms with van der Waals surface area (Å²) in [6.07, 6.45) is 5.11. The highest BCUT2D eigenvalue weighted by molar-refractivity contribution is 5.44. The van der Waals surface area contributed by atoms with Crippen molar-refractivity contribution in [2.45, 2.75) is 25.5 Å². The summed E-state index contributed by atoms with van der Waals surface area (Å²) in [6, 6.07) is 3.54. The van der Waals surface area contributed by atoms with Crippen molar-refractivity contribution >= 4 is 5.52 Å². The molecule has 108 valence electrons.